The van der Waals surface area contributed by atoms with Gasteiger partial charge in [0.05, 0.1) is 36.3 Å². The first-order valence-electron chi connectivity index (χ1n) is 11.6. The van der Waals surface area contributed by atoms with E-state index >= 15 is 0 Å². The summed E-state index contributed by atoms with van der Waals surface area (Å²) in [7, 11) is 3.01. The van der Waals surface area contributed by atoms with Crippen molar-refractivity contribution in [3.8, 4) is 17.2 Å². The van der Waals surface area contributed by atoms with Crippen molar-refractivity contribution in [3.05, 3.63) is 63.5 Å². The van der Waals surface area contributed by atoms with Gasteiger partial charge in [-0.2, -0.15) is 13.2 Å². The molecule has 0 bridgehead atoms. The van der Waals surface area contributed by atoms with Crippen LogP contribution in [0.4, 0.5) is 13.2 Å². The Kier molecular flexibility index (Phi) is 9.72. The molecule has 0 aliphatic heterocycles. The molecule has 0 saturated carbocycles. The number of hydrogen-bond donors (Lipinski definition) is 1. The van der Waals surface area contributed by atoms with Gasteiger partial charge in [-0.25, -0.2) is 4.79 Å². The first kappa shape index (κ1) is 29.0. The second-order valence-electron chi connectivity index (χ2n) is 8.14. The summed E-state index contributed by atoms with van der Waals surface area (Å²) in [4.78, 5) is 26.9. The monoisotopic (exact) mass is 539 g/mol. The predicted octanol–water partition coefficient (Wildman–Crippen LogP) is 4.58. The smallest absolute Gasteiger partial charge is 0.453 e. The number of rotatable bonds is 12. The average Bonchev–Trinajstić information content (AvgIpc) is 2.88. The molecule has 1 heterocycles. The van der Waals surface area contributed by atoms with Crippen molar-refractivity contribution in [2.75, 3.05) is 47.1 Å². The maximum Gasteiger partial charge on any atom is 0.453 e. The number of ether oxygens (including phenoxy) is 4. The second-order valence-corrected chi connectivity index (χ2v) is 8.14. The normalized spacial score (nSPS) is 11.8. The number of benzene rings is 2. The van der Waals surface area contributed by atoms with Crippen molar-refractivity contribution < 1.29 is 46.4 Å². The zero-order valence-electron chi connectivity index (χ0n) is 21.1. The minimum Gasteiger partial charge on any atom is -0.507 e. The van der Waals surface area contributed by atoms with Crippen LogP contribution < -0.4 is 10.2 Å². The fourth-order valence-corrected chi connectivity index (χ4v) is 3.64. The van der Waals surface area contributed by atoms with Crippen molar-refractivity contribution in [1.82, 2.24) is 4.90 Å². The Balaban J connectivity index is 2.09. The SMILES string of the molecule is CCOC(=O)c1ccc(Oc2c(C(F)(F)F)oc3c(CN(CCOC)CCOC)c(O)ccc3c2=O)cc1. The highest BCUT2D eigenvalue weighted by Gasteiger charge is 2.41. The molecule has 0 unspecified atom stereocenters. The van der Waals surface area contributed by atoms with Gasteiger partial charge in [0.15, 0.2) is 0 Å². The summed E-state index contributed by atoms with van der Waals surface area (Å²) in [6, 6.07) is 7.46. The van der Waals surface area contributed by atoms with Crippen molar-refractivity contribution >= 4 is 16.9 Å². The molecule has 3 rings (SSSR count). The Hall–Kier alpha value is -3.61. The summed E-state index contributed by atoms with van der Waals surface area (Å²) in [5.41, 5.74) is -1.32. The Bertz CT molecular complexity index is 1300. The van der Waals surface area contributed by atoms with E-state index in [1.165, 1.54) is 50.6 Å². The van der Waals surface area contributed by atoms with Crippen LogP contribution in [0, 0.1) is 0 Å². The number of hydrogen-bond acceptors (Lipinski definition) is 9. The highest BCUT2D eigenvalue weighted by Crippen LogP contribution is 2.40. The molecule has 38 heavy (non-hydrogen) atoms. The van der Waals surface area contributed by atoms with E-state index in [0.29, 0.717) is 26.3 Å². The quantitative estimate of drug-likeness (QED) is 0.331. The first-order chi connectivity index (χ1) is 18.1. The molecule has 1 aromatic heterocycles. The number of alkyl halides is 3. The van der Waals surface area contributed by atoms with E-state index in [0.717, 1.165) is 0 Å². The van der Waals surface area contributed by atoms with Gasteiger partial charge in [0.25, 0.3) is 5.76 Å². The van der Waals surface area contributed by atoms with Crippen molar-refractivity contribution in [2.24, 2.45) is 0 Å². The van der Waals surface area contributed by atoms with Crippen LogP contribution in [-0.2, 0) is 26.9 Å². The molecule has 0 aliphatic rings. The third-order valence-electron chi connectivity index (χ3n) is 5.54. The van der Waals surface area contributed by atoms with Crippen LogP contribution in [0.15, 0.2) is 45.6 Å². The van der Waals surface area contributed by atoms with E-state index in [1.807, 2.05) is 0 Å². The number of fused-ring (bicyclic) bond motifs is 1. The third kappa shape index (κ3) is 6.82. The van der Waals surface area contributed by atoms with Crippen LogP contribution in [0.2, 0.25) is 0 Å². The molecule has 0 spiro atoms. The number of halogens is 3. The zero-order chi connectivity index (χ0) is 27.9. The number of phenols is 1. The number of methoxy groups -OCH3 is 2. The Labute approximate surface area is 216 Å². The Morgan fingerprint density at radius 3 is 2.21 bits per heavy atom. The summed E-state index contributed by atoms with van der Waals surface area (Å²) < 4.78 is 67.8. The second kappa shape index (κ2) is 12.8. The van der Waals surface area contributed by atoms with Gasteiger partial charge >= 0.3 is 12.1 Å². The summed E-state index contributed by atoms with van der Waals surface area (Å²) in [5.74, 6) is -3.80. The summed E-state index contributed by atoms with van der Waals surface area (Å²) in [6.45, 7) is 3.16. The number of aromatic hydroxyl groups is 1. The predicted molar refractivity (Wildman–Crippen MR) is 131 cm³/mol. The molecule has 0 aliphatic carbocycles. The average molecular weight is 540 g/mol. The fourth-order valence-electron chi connectivity index (χ4n) is 3.64. The van der Waals surface area contributed by atoms with Gasteiger partial charge in [-0.1, -0.05) is 0 Å². The number of phenolic OH excluding ortho intramolecular Hbond substituents is 1. The lowest BCUT2D eigenvalue weighted by molar-refractivity contribution is -0.154. The molecule has 0 atom stereocenters. The molecule has 9 nitrogen and oxygen atoms in total. The maximum absolute atomic E-state index is 14.1. The molecule has 3 aromatic rings. The van der Waals surface area contributed by atoms with Gasteiger partial charge in [-0.05, 0) is 43.3 Å². The molecule has 1 N–H and O–H groups in total. The van der Waals surface area contributed by atoms with E-state index in [9.17, 15) is 27.9 Å². The number of carbonyl (C=O) groups is 1. The van der Waals surface area contributed by atoms with Crippen LogP contribution >= 0.6 is 0 Å². The molecule has 0 amide bonds. The molecule has 12 heteroatoms. The largest absolute Gasteiger partial charge is 0.507 e. The van der Waals surface area contributed by atoms with E-state index < -0.39 is 34.7 Å². The Morgan fingerprint density at radius 1 is 1.03 bits per heavy atom. The topological polar surface area (TPSA) is 108 Å². The van der Waals surface area contributed by atoms with Gasteiger partial charge in [-0.15, -0.1) is 0 Å². The van der Waals surface area contributed by atoms with Crippen molar-refractivity contribution in [2.45, 2.75) is 19.6 Å². The van der Waals surface area contributed by atoms with Crippen LogP contribution in [0.5, 0.6) is 17.2 Å². The molecule has 0 radical (unpaired) electrons. The molecule has 0 saturated heterocycles. The minimum absolute atomic E-state index is 0.00245. The summed E-state index contributed by atoms with van der Waals surface area (Å²) in [5, 5.41) is 10.3. The third-order valence-corrected chi connectivity index (χ3v) is 5.54. The highest BCUT2D eigenvalue weighted by molar-refractivity contribution is 5.89. The molecule has 0 fully saturated rings. The van der Waals surface area contributed by atoms with Crippen LogP contribution in [-0.4, -0.2) is 63.1 Å². The van der Waals surface area contributed by atoms with Crippen LogP contribution in [0.25, 0.3) is 11.0 Å². The molecule has 2 aromatic carbocycles. The lowest BCUT2D eigenvalue weighted by Gasteiger charge is -2.23. The summed E-state index contributed by atoms with van der Waals surface area (Å²) in [6.07, 6.45) is -5.10. The van der Waals surface area contributed by atoms with Crippen LogP contribution in [0.1, 0.15) is 28.6 Å². The van der Waals surface area contributed by atoms with Crippen molar-refractivity contribution in [3.63, 3.8) is 0 Å². The van der Waals surface area contributed by atoms with Gasteiger partial charge < -0.3 is 28.5 Å². The number of nitrogens with zero attached hydrogens (tertiary/aromatic N) is 1. The first-order valence-corrected chi connectivity index (χ1v) is 11.6. The van der Waals surface area contributed by atoms with E-state index in [2.05, 4.69) is 0 Å². The standard InChI is InChI=1S/C26H28F3NO8/c1-4-36-25(33)16-5-7-17(8-6-16)37-23-21(32)18-9-10-20(31)19(22(18)38-24(23)26(27,28)29)15-30(11-13-34-2)12-14-35-3/h5-10,31H,4,11-15H2,1-3H3. The number of esters is 1. The van der Waals surface area contributed by atoms with Gasteiger partial charge in [0, 0.05) is 33.9 Å². The lowest BCUT2D eigenvalue weighted by Crippen LogP contribution is -2.30. The molecular weight excluding hydrogens is 511 g/mol. The highest BCUT2D eigenvalue weighted by atomic mass is 19.4. The number of carbonyl (C=O) groups excluding carboxylic acids is 1. The van der Waals surface area contributed by atoms with Crippen molar-refractivity contribution in [1.29, 1.82) is 0 Å². The fraction of sp³-hybridized carbons (Fsp3) is 0.385. The van der Waals surface area contributed by atoms with Gasteiger partial charge in [0.1, 0.15) is 17.1 Å². The minimum atomic E-state index is -5.10. The van der Waals surface area contributed by atoms with Gasteiger partial charge in [-0.3, -0.25) is 9.69 Å². The molecular formula is C26H28F3NO8. The lowest BCUT2D eigenvalue weighted by atomic mass is 10.1. The maximum atomic E-state index is 14.1. The van der Waals surface area contributed by atoms with E-state index in [4.69, 9.17) is 23.4 Å². The molecule has 206 valence electrons. The Morgan fingerprint density at radius 2 is 1.66 bits per heavy atom. The van der Waals surface area contributed by atoms with Crippen LogP contribution in [0.3, 0.4) is 0 Å². The van der Waals surface area contributed by atoms with Gasteiger partial charge in [0.2, 0.25) is 11.2 Å². The van der Waals surface area contributed by atoms with E-state index in [1.54, 1.807) is 11.8 Å². The van der Waals surface area contributed by atoms with E-state index in [-0.39, 0.29) is 41.2 Å². The zero-order valence-corrected chi connectivity index (χ0v) is 21.1. The summed E-state index contributed by atoms with van der Waals surface area (Å²) >= 11 is 0.